The Morgan fingerprint density at radius 3 is 2.08 bits per heavy atom. The predicted octanol–water partition coefficient (Wildman–Crippen LogP) is 2.27. The summed E-state index contributed by atoms with van der Waals surface area (Å²) in [5, 5.41) is 8.48. The van der Waals surface area contributed by atoms with Crippen LogP contribution >= 0.6 is 0 Å². The molecule has 0 saturated heterocycles. The zero-order chi connectivity index (χ0) is 18.2. The van der Waals surface area contributed by atoms with Gasteiger partial charge in [0.2, 0.25) is 0 Å². The van der Waals surface area contributed by atoms with Crippen LogP contribution in [0, 0.1) is 6.92 Å². The molecule has 0 bridgehead atoms. The molecule has 0 spiro atoms. The molecule has 4 N–H and O–H groups in total. The van der Waals surface area contributed by atoms with E-state index in [9.17, 15) is 13.2 Å². The van der Waals surface area contributed by atoms with Gasteiger partial charge in [0.05, 0.1) is 11.3 Å². The smallest absolute Gasteiger partial charge is 0.304 e. The zero-order valence-electron chi connectivity index (χ0n) is 13.3. The second kappa shape index (κ2) is 9.17. The minimum Gasteiger partial charge on any atom is -0.481 e. The van der Waals surface area contributed by atoms with E-state index in [4.69, 9.17) is 15.4 Å². The van der Waals surface area contributed by atoms with Gasteiger partial charge in [-0.1, -0.05) is 48.0 Å². The largest absolute Gasteiger partial charge is 0.481 e. The highest BCUT2D eigenvalue weighted by Gasteiger charge is 2.08. The molecule has 0 amide bonds. The molecule has 0 unspecified atom stereocenters. The number of hydrogen-bond donors (Lipinski definition) is 3. The second-order valence-corrected chi connectivity index (χ2v) is 6.76. The van der Waals surface area contributed by atoms with Crippen molar-refractivity contribution in [1.82, 2.24) is 0 Å². The van der Waals surface area contributed by atoms with E-state index in [2.05, 4.69) is 0 Å². The number of hydrogen-bond acceptors (Lipinski definition) is 4. The topological polar surface area (TPSA) is 118 Å². The van der Waals surface area contributed by atoms with E-state index in [1.54, 1.807) is 12.1 Å². The van der Waals surface area contributed by atoms with Crippen molar-refractivity contribution in [3.05, 3.63) is 65.7 Å². The van der Waals surface area contributed by atoms with E-state index >= 15 is 0 Å². The van der Waals surface area contributed by atoms with Crippen LogP contribution in [-0.2, 0) is 21.3 Å². The van der Waals surface area contributed by atoms with Crippen LogP contribution in [0.4, 0.5) is 0 Å². The number of benzene rings is 2. The first-order chi connectivity index (χ1) is 11.2. The molecule has 6 nitrogen and oxygen atoms in total. The van der Waals surface area contributed by atoms with Gasteiger partial charge in [-0.05, 0) is 31.0 Å². The van der Waals surface area contributed by atoms with E-state index in [0.29, 0.717) is 6.42 Å². The van der Waals surface area contributed by atoms with Gasteiger partial charge in [-0.2, -0.15) is 8.42 Å². The van der Waals surface area contributed by atoms with Crippen molar-refractivity contribution in [2.45, 2.75) is 30.7 Å². The lowest BCUT2D eigenvalue weighted by molar-refractivity contribution is -0.137. The molecule has 0 heterocycles. The maximum atomic E-state index is 10.5. The second-order valence-electron chi connectivity index (χ2n) is 5.34. The van der Waals surface area contributed by atoms with Crippen LogP contribution in [0.1, 0.15) is 17.5 Å². The lowest BCUT2D eigenvalue weighted by atomic mass is 10.0. The molecule has 0 aliphatic heterocycles. The standard InChI is InChI=1S/C10H13NO2.C7H8O3S/c11-9(7-10(12)13)6-8-4-2-1-3-5-8;1-6-2-4-7(5-3-6)11(8,9)10/h1-5,9H,6-7,11H2,(H,12,13);2-5H,1H3,(H,8,9,10)/t9-;/m1./s1. The highest BCUT2D eigenvalue weighted by Crippen LogP contribution is 2.08. The van der Waals surface area contributed by atoms with Crippen molar-refractivity contribution in [2.75, 3.05) is 0 Å². The molecule has 0 aliphatic carbocycles. The molecular formula is C17H21NO5S. The summed E-state index contributed by atoms with van der Waals surface area (Å²) in [6.07, 6.45) is 0.641. The number of aryl methyl sites for hydroxylation is 1. The Morgan fingerprint density at radius 2 is 1.62 bits per heavy atom. The van der Waals surface area contributed by atoms with Gasteiger partial charge in [0.15, 0.2) is 0 Å². The number of rotatable bonds is 5. The lowest BCUT2D eigenvalue weighted by Crippen LogP contribution is -2.25. The minimum atomic E-state index is -4.02. The van der Waals surface area contributed by atoms with Crippen LogP contribution in [0.5, 0.6) is 0 Å². The van der Waals surface area contributed by atoms with Gasteiger partial charge >= 0.3 is 5.97 Å². The molecule has 2 rings (SSSR count). The summed E-state index contributed by atoms with van der Waals surface area (Å²) in [6, 6.07) is 15.3. The summed E-state index contributed by atoms with van der Waals surface area (Å²) in [4.78, 5) is 10.3. The summed E-state index contributed by atoms with van der Waals surface area (Å²) in [5.74, 6) is -0.844. The molecule has 0 radical (unpaired) electrons. The number of carboxylic acids is 1. The molecule has 2 aromatic rings. The highest BCUT2D eigenvalue weighted by atomic mass is 32.2. The summed E-state index contributed by atoms with van der Waals surface area (Å²) < 4.78 is 29.6. The number of nitrogens with two attached hydrogens (primary N) is 1. The molecule has 7 heteroatoms. The van der Waals surface area contributed by atoms with Crippen molar-refractivity contribution in [3.8, 4) is 0 Å². The fraction of sp³-hybridized carbons (Fsp3) is 0.235. The Labute approximate surface area is 141 Å². The molecule has 1 atom stereocenters. The van der Waals surface area contributed by atoms with Gasteiger partial charge in [-0.25, -0.2) is 0 Å². The third-order valence-corrected chi connectivity index (χ3v) is 3.96. The monoisotopic (exact) mass is 351 g/mol. The van der Waals surface area contributed by atoms with Crippen LogP contribution in [0.3, 0.4) is 0 Å². The number of carbonyl (C=O) groups is 1. The average molecular weight is 351 g/mol. The first kappa shape index (κ1) is 19.8. The summed E-state index contributed by atoms with van der Waals surface area (Å²) >= 11 is 0. The predicted molar refractivity (Wildman–Crippen MR) is 91.4 cm³/mol. The van der Waals surface area contributed by atoms with Crippen molar-refractivity contribution < 1.29 is 22.9 Å². The summed E-state index contributed by atoms with van der Waals surface area (Å²) in [6.45, 7) is 1.84. The molecule has 2 aromatic carbocycles. The first-order valence-electron chi connectivity index (χ1n) is 7.24. The molecule has 0 fully saturated rings. The van der Waals surface area contributed by atoms with E-state index in [1.807, 2.05) is 37.3 Å². The Bertz CT molecular complexity index is 742. The Morgan fingerprint density at radius 1 is 1.08 bits per heavy atom. The zero-order valence-corrected chi connectivity index (χ0v) is 14.1. The Kier molecular flexibility index (Phi) is 7.57. The molecule has 24 heavy (non-hydrogen) atoms. The van der Waals surface area contributed by atoms with E-state index in [1.165, 1.54) is 12.1 Å². The van der Waals surface area contributed by atoms with Crippen molar-refractivity contribution >= 4 is 16.1 Å². The SMILES string of the molecule is Cc1ccc(S(=O)(=O)O)cc1.N[C@@H](CC(=O)O)Cc1ccccc1. The third-order valence-electron chi connectivity index (χ3n) is 3.10. The quantitative estimate of drug-likeness (QED) is 0.711. The maximum Gasteiger partial charge on any atom is 0.304 e. The van der Waals surface area contributed by atoms with Gasteiger partial charge in [0.1, 0.15) is 0 Å². The average Bonchev–Trinajstić information content (AvgIpc) is 2.47. The maximum absolute atomic E-state index is 10.5. The van der Waals surface area contributed by atoms with Crippen molar-refractivity contribution in [2.24, 2.45) is 5.73 Å². The fourth-order valence-electron chi connectivity index (χ4n) is 1.92. The van der Waals surface area contributed by atoms with Gasteiger partial charge in [-0.3, -0.25) is 9.35 Å². The van der Waals surface area contributed by atoms with E-state index < -0.39 is 16.1 Å². The van der Waals surface area contributed by atoms with E-state index in [-0.39, 0.29) is 17.4 Å². The van der Waals surface area contributed by atoms with E-state index in [0.717, 1.165) is 11.1 Å². The molecule has 130 valence electrons. The lowest BCUT2D eigenvalue weighted by Gasteiger charge is -2.07. The first-order valence-corrected chi connectivity index (χ1v) is 8.68. The number of aliphatic carboxylic acids is 1. The van der Waals surface area contributed by atoms with Gasteiger partial charge in [0.25, 0.3) is 10.1 Å². The number of carboxylic acid groups (broad SMARTS) is 1. The molecular weight excluding hydrogens is 330 g/mol. The Hall–Kier alpha value is -2.22. The van der Waals surface area contributed by atoms with Gasteiger partial charge in [-0.15, -0.1) is 0 Å². The van der Waals surface area contributed by atoms with Crippen molar-refractivity contribution in [3.63, 3.8) is 0 Å². The summed E-state index contributed by atoms with van der Waals surface area (Å²) in [5.41, 5.74) is 7.66. The van der Waals surface area contributed by atoms with Gasteiger partial charge < -0.3 is 10.8 Å². The van der Waals surface area contributed by atoms with Crippen LogP contribution < -0.4 is 5.73 Å². The molecule has 0 aromatic heterocycles. The molecule has 0 aliphatic rings. The minimum absolute atomic E-state index is 0.0227. The van der Waals surface area contributed by atoms with Crippen molar-refractivity contribution in [1.29, 1.82) is 0 Å². The van der Waals surface area contributed by atoms with Crippen LogP contribution in [0.2, 0.25) is 0 Å². The fourth-order valence-corrected chi connectivity index (χ4v) is 2.40. The van der Waals surface area contributed by atoms with Crippen LogP contribution in [0.25, 0.3) is 0 Å². The molecule has 0 saturated carbocycles. The normalized spacial score (nSPS) is 12.0. The van der Waals surface area contributed by atoms with Crippen LogP contribution in [-0.4, -0.2) is 30.1 Å². The third kappa shape index (κ3) is 7.87. The van der Waals surface area contributed by atoms with Gasteiger partial charge in [0, 0.05) is 6.04 Å². The highest BCUT2D eigenvalue weighted by molar-refractivity contribution is 7.85. The van der Waals surface area contributed by atoms with Crippen LogP contribution in [0.15, 0.2) is 59.5 Å². The Balaban J connectivity index is 0.000000243. The summed E-state index contributed by atoms with van der Waals surface area (Å²) in [7, 11) is -4.02.